The molecule has 1 aromatic heterocycles. The van der Waals surface area contributed by atoms with Crippen LogP contribution in [0.1, 0.15) is 16.0 Å². The van der Waals surface area contributed by atoms with Gasteiger partial charge in [0.1, 0.15) is 0 Å². The Kier molecular flexibility index (Phi) is 3.81. The second kappa shape index (κ2) is 5.58. The number of alkyl halides is 1. The quantitative estimate of drug-likeness (QED) is 0.767. The molecule has 0 saturated carbocycles. The van der Waals surface area contributed by atoms with Gasteiger partial charge < -0.3 is 4.90 Å². The van der Waals surface area contributed by atoms with Crippen LogP contribution in [0.15, 0.2) is 40.7 Å². The minimum absolute atomic E-state index is 0.246. The first kappa shape index (κ1) is 13.7. The predicted octanol–water partition coefficient (Wildman–Crippen LogP) is 3.95. The zero-order valence-electron chi connectivity index (χ0n) is 11.6. The number of benzodiazepines with no additional fused rings is 1. The molecule has 0 amide bonds. The van der Waals surface area contributed by atoms with Crippen LogP contribution in [0.3, 0.4) is 0 Å². The molecule has 104 valence electrons. The summed E-state index contributed by atoms with van der Waals surface area (Å²) in [6.45, 7) is 2.86. The molecule has 1 aromatic carbocycles. The van der Waals surface area contributed by atoms with E-state index in [1.54, 1.807) is 11.3 Å². The smallest absolute Gasteiger partial charge is 0.0840 e. The number of anilines is 1. The zero-order chi connectivity index (χ0) is 14.1. The Labute approximate surface area is 128 Å². The number of rotatable bonds is 2. The van der Waals surface area contributed by atoms with E-state index in [0.717, 1.165) is 12.3 Å². The van der Waals surface area contributed by atoms with Gasteiger partial charge in [0, 0.05) is 24.2 Å². The Hall–Kier alpha value is -1.32. The molecular weight excluding hydrogens is 288 g/mol. The van der Waals surface area contributed by atoms with Crippen LogP contribution < -0.4 is 4.90 Å². The van der Waals surface area contributed by atoms with Gasteiger partial charge in [-0.1, -0.05) is 17.7 Å². The van der Waals surface area contributed by atoms with Crippen LogP contribution in [0.5, 0.6) is 0 Å². The van der Waals surface area contributed by atoms with Crippen LogP contribution in [0, 0.1) is 6.92 Å². The first-order valence-electron chi connectivity index (χ1n) is 6.69. The van der Waals surface area contributed by atoms with E-state index in [4.69, 9.17) is 16.6 Å². The van der Waals surface area contributed by atoms with E-state index < -0.39 is 0 Å². The van der Waals surface area contributed by atoms with Gasteiger partial charge in [-0.3, -0.25) is 4.99 Å². The molecule has 1 aliphatic rings. The lowest BCUT2D eigenvalue weighted by Gasteiger charge is -2.27. The number of hydrogen-bond donors (Lipinski definition) is 0. The fraction of sp³-hybridized carbons (Fsp3) is 0.312. The molecule has 2 nitrogen and oxygen atoms in total. The normalized spacial score (nSPS) is 18.4. The fourth-order valence-corrected chi connectivity index (χ4v) is 3.58. The molecule has 0 N–H and O–H groups in total. The standard InChI is InChI=1S/C16H17ClN2S/c1-11-5-6-14-13(8-11)16(15-4-3-7-20-15)18-10-12(9-17)19(14)2/h3-8,12H,9-10H2,1-2H3. The third-order valence-electron chi connectivity index (χ3n) is 3.73. The number of thiophene rings is 1. The molecule has 2 aromatic rings. The van der Waals surface area contributed by atoms with E-state index in [-0.39, 0.29) is 6.04 Å². The largest absolute Gasteiger partial charge is 0.368 e. The molecule has 4 heteroatoms. The Bertz CT molecular complexity index is 634. The minimum Gasteiger partial charge on any atom is -0.368 e. The van der Waals surface area contributed by atoms with E-state index >= 15 is 0 Å². The van der Waals surface area contributed by atoms with Crippen LogP contribution in [-0.2, 0) is 0 Å². The third kappa shape index (κ3) is 2.36. The van der Waals surface area contributed by atoms with Gasteiger partial charge in [0.05, 0.1) is 23.2 Å². The summed E-state index contributed by atoms with van der Waals surface area (Å²) in [4.78, 5) is 8.33. The summed E-state index contributed by atoms with van der Waals surface area (Å²) in [6.07, 6.45) is 0. The molecule has 20 heavy (non-hydrogen) atoms. The maximum Gasteiger partial charge on any atom is 0.0840 e. The van der Waals surface area contributed by atoms with Gasteiger partial charge in [-0.05, 0) is 30.5 Å². The van der Waals surface area contributed by atoms with Crippen molar-refractivity contribution in [2.24, 2.45) is 4.99 Å². The van der Waals surface area contributed by atoms with Crippen molar-refractivity contribution in [1.82, 2.24) is 0 Å². The maximum atomic E-state index is 6.11. The molecule has 0 saturated heterocycles. The fourth-order valence-electron chi connectivity index (χ4n) is 2.52. The third-order valence-corrected chi connectivity index (χ3v) is 4.96. The lowest BCUT2D eigenvalue weighted by atomic mass is 10.0. The molecule has 0 radical (unpaired) electrons. The average Bonchev–Trinajstić information content (AvgIpc) is 2.93. The number of hydrogen-bond acceptors (Lipinski definition) is 3. The van der Waals surface area contributed by atoms with Crippen molar-refractivity contribution < 1.29 is 0 Å². The first-order chi connectivity index (χ1) is 9.70. The minimum atomic E-state index is 0.246. The van der Waals surface area contributed by atoms with E-state index in [0.29, 0.717) is 5.88 Å². The molecule has 1 aliphatic heterocycles. The highest BCUT2D eigenvalue weighted by molar-refractivity contribution is 7.12. The summed E-state index contributed by atoms with van der Waals surface area (Å²) >= 11 is 7.85. The predicted molar refractivity (Wildman–Crippen MR) is 88.9 cm³/mol. The summed E-state index contributed by atoms with van der Waals surface area (Å²) in [5.74, 6) is 0.588. The monoisotopic (exact) mass is 304 g/mol. The molecule has 1 atom stereocenters. The lowest BCUT2D eigenvalue weighted by Crippen LogP contribution is -2.35. The molecule has 0 bridgehead atoms. The van der Waals surface area contributed by atoms with Gasteiger partial charge >= 0.3 is 0 Å². The van der Waals surface area contributed by atoms with Gasteiger partial charge in [-0.25, -0.2) is 0 Å². The van der Waals surface area contributed by atoms with Crippen LogP contribution in [-0.4, -0.2) is 31.2 Å². The molecule has 1 unspecified atom stereocenters. The van der Waals surface area contributed by atoms with Crippen molar-refractivity contribution in [3.8, 4) is 0 Å². The van der Waals surface area contributed by atoms with Crippen molar-refractivity contribution in [3.63, 3.8) is 0 Å². The molecule has 0 aliphatic carbocycles. The van der Waals surface area contributed by atoms with Crippen molar-refractivity contribution in [2.45, 2.75) is 13.0 Å². The highest BCUT2D eigenvalue weighted by Crippen LogP contribution is 2.30. The highest BCUT2D eigenvalue weighted by Gasteiger charge is 2.24. The van der Waals surface area contributed by atoms with Gasteiger partial charge in [0.25, 0.3) is 0 Å². The SMILES string of the molecule is Cc1ccc2c(c1)C(c1cccs1)=NCC(CCl)N2C. The van der Waals surface area contributed by atoms with Gasteiger partial charge in [-0.2, -0.15) is 0 Å². The summed E-state index contributed by atoms with van der Waals surface area (Å²) < 4.78 is 0. The summed E-state index contributed by atoms with van der Waals surface area (Å²) in [5, 5.41) is 2.10. The second-order valence-electron chi connectivity index (χ2n) is 5.11. The zero-order valence-corrected chi connectivity index (χ0v) is 13.2. The van der Waals surface area contributed by atoms with Crippen molar-refractivity contribution in [2.75, 3.05) is 24.4 Å². The van der Waals surface area contributed by atoms with Crippen molar-refractivity contribution >= 4 is 34.3 Å². The van der Waals surface area contributed by atoms with Crippen LogP contribution in [0.25, 0.3) is 0 Å². The number of halogens is 1. The van der Waals surface area contributed by atoms with Crippen molar-refractivity contribution in [1.29, 1.82) is 0 Å². The van der Waals surface area contributed by atoms with E-state index in [9.17, 15) is 0 Å². The summed E-state index contributed by atoms with van der Waals surface area (Å²) in [7, 11) is 2.11. The second-order valence-corrected chi connectivity index (χ2v) is 6.36. The van der Waals surface area contributed by atoms with E-state index in [2.05, 4.69) is 54.6 Å². The van der Waals surface area contributed by atoms with Crippen LogP contribution in [0.4, 0.5) is 5.69 Å². The summed E-state index contributed by atoms with van der Waals surface area (Å²) in [5.41, 5.74) is 4.78. The van der Waals surface area contributed by atoms with Crippen LogP contribution in [0.2, 0.25) is 0 Å². The summed E-state index contributed by atoms with van der Waals surface area (Å²) in [6, 6.07) is 11.0. The number of benzene rings is 1. The maximum absolute atomic E-state index is 6.11. The number of nitrogens with zero attached hydrogens (tertiary/aromatic N) is 2. The number of aliphatic imine (C=N–C) groups is 1. The Morgan fingerprint density at radius 2 is 2.25 bits per heavy atom. The van der Waals surface area contributed by atoms with Gasteiger partial charge in [0.2, 0.25) is 0 Å². The molecule has 3 rings (SSSR count). The van der Waals surface area contributed by atoms with Crippen LogP contribution >= 0.6 is 22.9 Å². The average molecular weight is 305 g/mol. The number of fused-ring (bicyclic) bond motifs is 1. The molecular formula is C16H17ClN2S. The van der Waals surface area contributed by atoms with E-state index in [1.807, 2.05) is 0 Å². The van der Waals surface area contributed by atoms with Gasteiger partial charge in [-0.15, -0.1) is 22.9 Å². The topological polar surface area (TPSA) is 15.6 Å². The molecule has 0 fully saturated rings. The lowest BCUT2D eigenvalue weighted by molar-refractivity contribution is 0.708. The first-order valence-corrected chi connectivity index (χ1v) is 8.10. The molecule has 0 spiro atoms. The Morgan fingerprint density at radius 3 is 2.95 bits per heavy atom. The Morgan fingerprint density at radius 1 is 1.40 bits per heavy atom. The van der Waals surface area contributed by atoms with E-state index in [1.165, 1.54) is 21.7 Å². The van der Waals surface area contributed by atoms with Gasteiger partial charge in [0.15, 0.2) is 0 Å². The molecule has 2 heterocycles. The number of likely N-dealkylation sites (N-methyl/N-ethyl adjacent to an activating group) is 1. The van der Waals surface area contributed by atoms with Crippen molar-refractivity contribution in [3.05, 3.63) is 51.7 Å². The highest BCUT2D eigenvalue weighted by atomic mass is 35.5. The Balaban J connectivity index is 2.18. The number of aryl methyl sites for hydroxylation is 1.